The minimum Gasteiger partial charge on any atom is -0.298 e. The molecule has 1 amide bonds. The molecule has 0 atom stereocenters. The number of nitrogens with one attached hydrogen (secondary N) is 1. The molecule has 2 aromatic heterocycles. The molecule has 0 saturated carbocycles. The van der Waals surface area contributed by atoms with Crippen LogP contribution >= 0.6 is 22.7 Å². The van der Waals surface area contributed by atoms with Crippen LogP contribution in [0.4, 0.5) is 5.13 Å². The lowest BCUT2D eigenvalue weighted by Gasteiger charge is -1.99. The molecule has 0 bridgehead atoms. The lowest BCUT2D eigenvalue weighted by molar-refractivity contribution is 0.102. The average Bonchev–Trinajstić information content (AvgIpc) is 2.71. The highest BCUT2D eigenvalue weighted by molar-refractivity contribution is 7.15. The summed E-state index contributed by atoms with van der Waals surface area (Å²) in [7, 11) is 0. The molecule has 1 N–H and O–H groups in total. The summed E-state index contributed by atoms with van der Waals surface area (Å²) in [6.45, 7) is 7.92. The molecule has 2 heterocycles. The molecule has 17 heavy (non-hydrogen) atoms. The van der Waals surface area contributed by atoms with Gasteiger partial charge in [-0.05, 0) is 33.8 Å². The molecule has 90 valence electrons. The third-order valence-corrected chi connectivity index (χ3v) is 4.49. The van der Waals surface area contributed by atoms with Crippen molar-refractivity contribution in [2.45, 2.75) is 27.7 Å². The third kappa shape index (κ3) is 2.56. The third-order valence-electron chi connectivity index (χ3n) is 2.53. The summed E-state index contributed by atoms with van der Waals surface area (Å²) < 4.78 is 0. The Morgan fingerprint density at radius 1 is 1.18 bits per heavy atom. The number of amides is 1. The number of carbonyl (C=O) groups is 1. The van der Waals surface area contributed by atoms with E-state index in [0.29, 0.717) is 5.13 Å². The second-order valence-corrected chi connectivity index (χ2v) is 6.61. The van der Waals surface area contributed by atoms with E-state index in [1.807, 2.05) is 33.8 Å². The highest BCUT2D eigenvalue weighted by atomic mass is 32.1. The minimum absolute atomic E-state index is 0.0689. The van der Waals surface area contributed by atoms with Crippen LogP contribution in [0.2, 0.25) is 0 Å². The zero-order chi connectivity index (χ0) is 12.6. The predicted octanol–water partition coefficient (Wildman–Crippen LogP) is 3.69. The van der Waals surface area contributed by atoms with Crippen LogP contribution in [0.25, 0.3) is 0 Å². The van der Waals surface area contributed by atoms with E-state index in [4.69, 9.17) is 0 Å². The van der Waals surface area contributed by atoms with Gasteiger partial charge < -0.3 is 0 Å². The minimum atomic E-state index is -0.0689. The van der Waals surface area contributed by atoms with Crippen LogP contribution in [0.3, 0.4) is 0 Å². The van der Waals surface area contributed by atoms with Crippen LogP contribution < -0.4 is 5.32 Å². The van der Waals surface area contributed by atoms with E-state index >= 15 is 0 Å². The first-order valence-electron chi connectivity index (χ1n) is 5.30. The van der Waals surface area contributed by atoms with Crippen molar-refractivity contribution >= 4 is 33.7 Å². The summed E-state index contributed by atoms with van der Waals surface area (Å²) in [6, 6.07) is 1.92. The zero-order valence-corrected chi connectivity index (χ0v) is 11.9. The van der Waals surface area contributed by atoms with Crippen molar-refractivity contribution in [3.63, 3.8) is 0 Å². The molecule has 2 rings (SSSR count). The highest BCUT2D eigenvalue weighted by Gasteiger charge is 2.14. The van der Waals surface area contributed by atoms with Gasteiger partial charge in [0.05, 0.1) is 11.3 Å². The monoisotopic (exact) mass is 266 g/mol. The lowest BCUT2D eigenvalue weighted by Crippen LogP contribution is -2.11. The van der Waals surface area contributed by atoms with Gasteiger partial charge in [-0.15, -0.1) is 22.7 Å². The number of thiophene rings is 1. The van der Waals surface area contributed by atoms with Crippen molar-refractivity contribution in [1.29, 1.82) is 0 Å². The topological polar surface area (TPSA) is 42.0 Å². The van der Waals surface area contributed by atoms with E-state index in [2.05, 4.69) is 10.3 Å². The summed E-state index contributed by atoms with van der Waals surface area (Å²) >= 11 is 3.15. The van der Waals surface area contributed by atoms with Gasteiger partial charge in [0.15, 0.2) is 5.13 Å². The Morgan fingerprint density at radius 2 is 1.88 bits per heavy atom. The SMILES string of the molecule is Cc1cc(C(=O)Nc2nc(C)c(C)s2)c(C)s1. The fourth-order valence-corrected chi connectivity index (χ4v) is 3.28. The number of aromatic nitrogens is 1. The molecule has 0 aliphatic rings. The van der Waals surface area contributed by atoms with Crippen LogP contribution in [-0.2, 0) is 0 Å². The first-order valence-corrected chi connectivity index (χ1v) is 6.93. The van der Waals surface area contributed by atoms with E-state index in [1.165, 1.54) is 11.3 Å². The van der Waals surface area contributed by atoms with Crippen LogP contribution in [-0.4, -0.2) is 10.9 Å². The zero-order valence-electron chi connectivity index (χ0n) is 10.2. The van der Waals surface area contributed by atoms with Gasteiger partial charge in [-0.25, -0.2) is 4.98 Å². The smallest absolute Gasteiger partial charge is 0.258 e. The second-order valence-electron chi connectivity index (χ2n) is 3.94. The Labute approximate surface area is 109 Å². The van der Waals surface area contributed by atoms with Gasteiger partial charge in [0, 0.05) is 14.6 Å². The number of thiazole rings is 1. The van der Waals surface area contributed by atoms with Crippen molar-refractivity contribution in [1.82, 2.24) is 4.98 Å². The fourth-order valence-electron chi connectivity index (χ4n) is 1.55. The van der Waals surface area contributed by atoms with Crippen LogP contribution in [0.15, 0.2) is 6.07 Å². The summed E-state index contributed by atoms with van der Waals surface area (Å²) in [5.41, 5.74) is 1.72. The Balaban J connectivity index is 2.19. The van der Waals surface area contributed by atoms with E-state index in [9.17, 15) is 4.79 Å². The quantitative estimate of drug-likeness (QED) is 0.900. The molecule has 0 aliphatic heterocycles. The normalized spacial score (nSPS) is 10.6. The van der Waals surface area contributed by atoms with Crippen molar-refractivity contribution in [2.24, 2.45) is 0 Å². The maximum absolute atomic E-state index is 12.0. The molecule has 2 aromatic rings. The van der Waals surface area contributed by atoms with Crippen LogP contribution in [0, 0.1) is 27.7 Å². The molecule has 5 heteroatoms. The Morgan fingerprint density at radius 3 is 2.35 bits per heavy atom. The van der Waals surface area contributed by atoms with Gasteiger partial charge in [-0.2, -0.15) is 0 Å². The molecule has 0 aromatic carbocycles. The van der Waals surface area contributed by atoms with E-state index in [-0.39, 0.29) is 5.91 Å². The maximum atomic E-state index is 12.0. The number of nitrogens with zero attached hydrogens (tertiary/aromatic N) is 1. The van der Waals surface area contributed by atoms with Crippen molar-refractivity contribution in [2.75, 3.05) is 5.32 Å². The van der Waals surface area contributed by atoms with Gasteiger partial charge in [0.2, 0.25) is 0 Å². The Kier molecular flexibility index (Phi) is 3.31. The molecule has 0 saturated heterocycles. The molecular weight excluding hydrogens is 252 g/mol. The summed E-state index contributed by atoms with van der Waals surface area (Å²) in [5, 5.41) is 3.52. The molecular formula is C12H14N2OS2. The van der Waals surface area contributed by atoms with Gasteiger partial charge in [0.1, 0.15) is 0 Å². The number of aryl methyl sites for hydroxylation is 4. The van der Waals surface area contributed by atoms with Gasteiger partial charge >= 0.3 is 0 Å². The van der Waals surface area contributed by atoms with E-state index < -0.39 is 0 Å². The standard InChI is InChI=1S/C12H14N2OS2/c1-6-5-10(9(4)16-6)11(15)14-12-13-7(2)8(3)17-12/h5H,1-4H3,(H,13,14,15). The number of rotatable bonds is 2. The summed E-state index contributed by atoms with van der Waals surface area (Å²) in [5.74, 6) is -0.0689. The number of anilines is 1. The highest BCUT2D eigenvalue weighted by Crippen LogP contribution is 2.24. The van der Waals surface area contributed by atoms with Gasteiger partial charge in [-0.3, -0.25) is 10.1 Å². The number of hydrogen-bond acceptors (Lipinski definition) is 4. The lowest BCUT2D eigenvalue weighted by atomic mass is 10.2. The largest absolute Gasteiger partial charge is 0.298 e. The van der Waals surface area contributed by atoms with Crippen LogP contribution in [0.5, 0.6) is 0 Å². The molecule has 0 fully saturated rings. The average molecular weight is 266 g/mol. The van der Waals surface area contributed by atoms with E-state index in [0.717, 1.165) is 25.9 Å². The predicted molar refractivity (Wildman–Crippen MR) is 73.3 cm³/mol. The summed E-state index contributed by atoms with van der Waals surface area (Å²) in [6.07, 6.45) is 0. The first-order chi connectivity index (χ1) is 7.97. The van der Waals surface area contributed by atoms with Crippen molar-refractivity contribution in [3.8, 4) is 0 Å². The van der Waals surface area contributed by atoms with E-state index in [1.54, 1.807) is 11.3 Å². The molecule has 0 aliphatic carbocycles. The maximum Gasteiger partial charge on any atom is 0.258 e. The number of hydrogen-bond donors (Lipinski definition) is 1. The summed E-state index contributed by atoms with van der Waals surface area (Å²) in [4.78, 5) is 19.7. The first kappa shape index (κ1) is 12.3. The fraction of sp³-hybridized carbons (Fsp3) is 0.333. The molecule has 0 radical (unpaired) electrons. The molecule has 0 unspecified atom stereocenters. The van der Waals surface area contributed by atoms with Crippen molar-refractivity contribution in [3.05, 3.63) is 32.0 Å². The Bertz CT molecular complexity index is 550. The second kappa shape index (κ2) is 4.58. The van der Waals surface area contributed by atoms with Crippen molar-refractivity contribution < 1.29 is 4.79 Å². The molecule has 0 spiro atoms. The van der Waals surface area contributed by atoms with Gasteiger partial charge in [0.25, 0.3) is 5.91 Å². The number of carbonyl (C=O) groups excluding carboxylic acids is 1. The van der Waals surface area contributed by atoms with Gasteiger partial charge in [-0.1, -0.05) is 0 Å². The molecule has 3 nitrogen and oxygen atoms in total. The Hall–Kier alpha value is -1.20. The van der Waals surface area contributed by atoms with Crippen LogP contribution in [0.1, 0.15) is 30.7 Å².